The van der Waals surface area contributed by atoms with Gasteiger partial charge in [0, 0.05) is 12.5 Å². The molecule has 0 N–H and O–H groups in total. The van der Waals surface area contributed by atoms with Gasteiger partial charge < -0.3 is 9.47 Å². The Morgan fingerprint density at radius 3 is 1.89 bits per heavy atom. The minimum absolute atomic E-state index is 0.0384. The molecule has 0 aliphatic carbocycles. The van der Waals surface area contributed by atoms with Crippen molar-refractivity contribution in [1.29, 1.82) is 0 Å². The van der Waals surface area contributed by atoms with Crippen molar-refractivity contribution in [2.75, 3.05) is 13.7 Å². The van der Waals surface area contributed by atoms with Gasteiger partial charge in [-0.3, -0.25) is 4.79 Å². The van der Waals surface area contributed by atoms with Crippen LogP contribution in [0.25, 0.3) is 0 Å². The molecule has 0 aromatic heterocycles. The molecular formula is C24H44O4. The van der Waals surface area contributed by atoms with E-state index < -0.39 is 0 Å². The summed E-state index contributed by atoms with van der Waals surface area (Å²) in [6.07, 6.45) is 16.4. The predicted molar refractivity (Wildman–Crippen MR) is 118 cm³/mol. The Balaban J connectivity index is 0. The van der Waals surface area contributed by atoms with Gasteiger partial charge in [-0.2, -0.15) is 0 Å². The number of carbonyl (C=O) groups is 2. The molecule has 0 rings (SSSR count). The molecular weight excluding hydrogens is 352 g/mol. The third-order valence-corrected chi connectivity index (χ3v) is 4.20. The van der Waals surface area contributed by atoms with Gasteiger partial charge in [0.15, 0.2) is 0 Å². The Morgan fingerprint density at radius 2 is 1.39 bits per heavy atom. The van der Waals surface area contributed by atoms with Gasteiger partial charge >= 0.3 is 11.9 Å². The average Bonchev–Trinajstić information content (AvgIpc) is 2.64. The third-order valence-electron chi connectivity index (χ3n) is 4.20. The first-order chi connectivity index (χ1) is 13.4. The summed E-state index contributed by atoms with van der Waals surface area (Å²) >= 11 is 0. The van der Waals surface area contributed by atoms with Gasteiger partial charge in [0.2, 0.25) is 0 Å². The molecule has 164 valence electrons. The van der Waals surface area contributed by atoms with E-state index in [1.165, 1.54) is 57.6 Å². The molecule has 4 nitrogen and oxygen atoms in total. The van der Waals surface area contributed by atoms with Crippen molar-refractivity contribution < 1.29 is 19.1 Å². The smallest absolute Gasteiger partial charge is 0.330 e. The van der Waals surface area contributed by atoms with Crippen LogP contribution >= 0.6 is 0 Å². The first kappa shape index (κ1) is 28.6. The van der Waals surface area contributed by atoms with E-state index >= 15 is 0 Å². The number of carbonyl (C=O) groups excluding carboxylic acids is 2. The van der Waals surface area contributed by atoms with Crippen molar-refractivity contribution in [3.05, 3.63) is 23.3 Å². The van der Waals surface area contributed by atoms with Crippen molar-refractivity contribution in [2.24, 2.45) is 0 Å². The van der Waals surface area contributed by atoms with Crippen LogP contribution < -0.4 is 0 Å². The monoisotopic (exact) mass is 396 g/mol. The van der Waals surface area contributed by atoms with E-state index in [-0.39, 0.29) is 11.9 Å². The number of hydrogen-bond acceptors (Lipinski definition) is 4. The van der Waals surface area contributed by atoms with Crippen LogP contribution in [-0.4, -0.2) is 25.7 Å². The van der Waals surface area contributed by atoms with Gasteiger partial charge in [-0.1, -0.05) is 69.1 Å². The van der Waals surface area contributed by atoms with Gasteiger partial charge in [0.05, 0.1) is 13.7 Å². The lowest BCUT2D eigenvalue weighted by molar-refractivity contribution is -0.143. The summed E-state index contributed by atoms with van der Waals surface area (Å²) in [6.45, 7) is 10.7. The van der Waals surface area contributed by atoms with Crippen LogP contribution in [0.5, 0.6) is 0 Å². The maximum Gasteiger partial charge on any atom is 0.330 e. The van der Waals surface area contributed by atoms with E-state index in [1.54, 1.807) is 6.08 Å². The lowest BCUT2D eigenvalue weighted by atomic mass is 10.1. The second-order valence-corrected chi connectivity index (χ2v) is 7.36. The number of hydrogen-bond donors (Lipinski definition) is 0. The summed E-state index contributed by atoms with van der Waals surface area (Å²) < 4.78 is 9.38. The first-order valence-corrected chi connectivity index (χ1v) is 10.9. The number of ether oxygens (including phenoxy) is 2. The standard InChI is InChI=1S/C13H26O2.C11H18O2/c1-3-5-6-7-8-9-10-11-12-13(14)15-4-2;1-9(2)6-5-7-10(3)8-11(12)13-4/h3-12H2,1-2H3;6,8H,5,7H2,1-4H3/b;10-8+. The van der Waals surface area contributed by atoms with Crippen LogP contribution in [0, 0.1) is 0 Å². The number of allylic oxidation sites excluding steroid dienone is 3. The molecule has 0 amide bonds. The molecule has 0 bridgehead atoms. The van der Waals surface area contributed by atoms with Crippen molar-refractivity contribution in [1.82, 2.24) is 0 Å². The van der Waals surface area contributed by atoms with E-state index in [4.69, 9.17) is 4.74 Å². The zero-order valence-electron chi connectivity index (χ0n) is 19.3. The summed E-state index contributed by atoms with van der Waals surface area (Å²) in [4.78, 5) is 21.8. The molecule has 0 atom stereocenters. The lowest BCUT2D eigenvalue weighted by Gasteiger charge is -2.02. The average molecular weight is 397 g/mol. The Bertz CT molecular complexity index is 446. The van der Waals surface area contributed by atoms with Crippen LogP contribution in [0.4, 0.5) is 0 Å². The highest BCUT2D eigenvalue weighted by Gasteiger charge is 2.00. The van der Waals surface area contributed by atoms with E-state index in [2.05, 4.69) is 31.6 Å². The first-order valence-electron chi connectivity index (χ1n) is 10.9. The lowest BCUT2D eigenvalue weighted by Crippen LogP contribution is -2.03. The highest BCUT2D eigenvalue weighted by atomic mass is 16.5. The molecule has 0 spiro atoms. The largest absolute Gasteiger partial charge is 0.466 e. The zero-order valence-corrected chi connectivity index (χ0v) is 19.3. The van der Waals surface area contributed by atoms with Crippen LogP contribution in [0.1, 0.15) is 105 Å². The van der Waals surface area contributed by atoms with E-state index in [1.807, 2.05) is 13.8 Å². The second kappa shape index (κ2) is 21.7. The normalized spacial score (nSPS) is 10.6. The maximum absolute atomic E-state index is 11.0. The fourth-order valence-electron chi connectivity index (χ4n) is 2.56. The highest BCUT2D eigenvalue weighted by Crippen LogP contribution is 2.10. The van der Waals surface area contributed by atoms with E-state index in [0.29, 0.717) is 13.0 Å². The van der Waals surface area contributed by atoms with Crippen LogP contribution in [0.2, 0.25) is 0 Å². The Kier molecular flexibility index (Phi) is 22.2. The quantitative estimate of drug-likeness (QED) is 0.138. The molecule has 0 radical (unpaired) electrons. The van der Waals surface area contributed by atoms with Crippen molar-refractivity contribution >= 4 is 11.9 Å². The van der Waals surface area contributed by atoms with E-state index in [9.17, 15) is 9.59 Å². The molecule has 4 heteroatoms. The van der Waals surface area contributed by atoms with Gasteiger partial charge in [-0.15, -0.1) is 0 Å². The Hall–Kier alpha value is -1.58. The molecule has 0 unspecified atom stereocenters. The molecule has 0 fully saturated rings. The molecule has 0 aromatic carbocycles. The van der Waals surface area contributed by atoms with E-state index in [0.717, 1.165) is 24.8 Å². The molecule has 28 heavy (non-hydrogen) atoms. The van der Waals surface area contributed by atoms with Crippen LogP contribution in [0.3, 0.4) is 0 Å². The van der Waals surface area contributed by atoms with Crippen molar-refractivity contribution in [3.63, 3.8) is 0 Å². The SMILES string of the molecule is CCCCCCCCCCC(=O)OCC.COC(=O)/C=C(\C)CCC=C(C)C. The molecule has 0 saturated carbocycles. The topological polar surface area (TPSA) is 52.6 Å². The molecule has 0 heterocycles. The van der Waals surface area contributed by atoms with Crippen molar-refractivity contribution in [2.45, 2.75) is 105 Å². The van der Waals surface area contributed by atoms with Gasteiger partial charge in [0.1, 0.15) is 0 Å². The third kappa shape index (κ3) is 24.4. The number of methoxy groups -OCH3 is 1. The number of unbranched alkanes of at least 4 members (excludes halogenated alkanes) is 7. The summed E-state index contributed by atoms with van der Waals surface area (Å²) in [6, 6.07) is 0. The molecule has 0 aromatic rings. The Labute approximate surface area is 173 Å². The minimum atomic E-state index is -0.269. The second-order valence-electron chi connectivity index (χ2n) is 7.36. The zero-order chi connectivity index (χ0) is 21.6. The molecule has 0 aliphatic rings. The number of esters is 2. The fraction of sp³-hybridized carbons (Fsp3) is 0.750. The van der Waals surface area contributed by atoms with Gasteiger partial charge in [0.25, 0.3) is 0 Å². The summed E-state index contributed by atoms with van der Waals surface area (Å²) in [5.74, 6) is -0.307. The van der Waals surface area contributed by atoms with Crippen LogP contribution in [0.15, 0.2) is 23.3 Å². The summed E-state index contributed by atoms with van der Waals surface area (Å²) in [5.41, 5.74) is 2.37. The highest BCUT2D eigenvalue weighted by molar-refractivity contribution is 5.82. The van der Waals surface area contributed by atoms with Crippen LogP contribution in [-0.2, 0) is 19.1 Å². The Morgan fingerprint density at radius 1 is 0.821 bits per heavy atom. The molecule has 0 aliphatic heterocycles. The van der Waals surface area contributed by atoms with Gasteiger partial charge in [-0.25, -0.2) is 4.79 Å². The molecule has 0 saturated heterocycles. The van der Waals surface area contributed by atoms with Crippen molar-refractivity contribution in [3.8, 4) is 0 Å². The van der Waals surface area contributed by atoms with Gasteiger partial charge in [-0.05, 0) is 47.0 Å². The summed E-state index contributed by atoms with van der Waals surface area (Å²) in [7, 11) is 1.39. The number of rotatable bonds is 14. The summed E-state index contributed by atoms with van der Waals surface area (Å²) in [5, 5.41) is 0. The predicted octanol–water partition coefficient (Wildman–Crippen LogP) is 6.93. The maximum atomic E-state index is 11.0. The minimum Gasteiger partial charge on any atom is -0.466 e. The fourth-order valence-corrected chi connectivity index (χ4v) is 2.56.